The first kappa shape index (κ1) is 21.3. The summed E-state index contributed by atoms with van der Waals surface area (Å²) in [5, 5.41) is 7.90. The minimum atomic E-state index is -2.89. The van der Waals surface area contributed by atoms with Crippen molar-refractivity contribution in [3.63, 3.8) is 0 Å². The third-order valence-corrected chi connectivity index (χ3v) is 3.83. The van der Waals surface area contributed by atoms with Crippen molar-refractivity contribution < 1.29 is 23.1 Å². The van der Waals surface area contributed by atoms with E-state index in [-0.39, 0.29) is 18.3 Å². The van der Waals surface area contributed by atoms with E-state index in [1.807, 2.05) is 37.3 Å². The number of alkyl halides is 2. The molecule has 0 saturated heterocycles. The molecule has 1 atom stereocenters. The molecule has 0 radical (unpaired) electrons. The van der Waals surface area contributed by atoms with Crippen molar-refractivity contribution in [3.05, 3.63) is 65.7 Å². The SMILES string of the molecule is CCCNC(=O)NC(=O)CN[C@@H](c1ccccc1)c1ccc(OC(F)F)cc1. The summed E-state index contributed by atoms with van der Waals surface area (Å²) in [4.78, 5) is 23.6. The lowest BCUT2D eigenvalue weighted by atomic mass is 9.98. The smallest absolute Gasteiger partial charge is 0.387 e. The molecule has 0 bridgehead atoms. The van der Waals surface area contributed by atoms with Crippen LogP contribution in [0.3, 0.4) is 0 Å². The minimum absolute atomic E-state index is 0.0518. The number of imide groups is 1. The van der Waals surface area contributed by atoms with E-state index in [0.717, 1.165) is 17.5 Å². The largest absolute Gasteiger partial charge is 0.435 e. The summed E-state index contributed by atoms with van der Waals surface area (Å²) >= 11 is 0. The van der Waals surface area contributed by atoms with Crippen LogP contribution in [-0.2, 0) is 4.79 Å². The normalized spacial score (nSPS) is 11.7. The van der Waals surface area contributed by atoms with Crippen molar-refractivity contribution >= 4 is 11.9 Å². The van der Waals surface area contributed by atoms with Gasteiger partial charge in [0, 0.05) is 6.54 Å². The Bertz CT molecular complexity index is 755. The van der Waals surface area contributed by atoms with Gasteiger partial charge in [0.2, 0.25) is 5.91 Å². The van der Waals surface area contributed by atoms with Crippen LogP contribution in [0.4, 0.5) is 13.6 Å². The Labute approximate surface area is 162 Å². The fraction of sp³-hybridized carbons (Fsp3) is 0.300. The number of halogens is 2. The number of carbonyl (C=O) groups is 2. The molecule has 150 valence electrons. The van der Waals surface area contributed by atoms with Crippen LogP contribution in [0.25, 0.3) is 0 Å². The van der Waals surface area contributed by atoms with Gasteiger partial charge in [-0.1, -0.05) is 49.4 Å². The Kier molecular flexibility index (Phi) is 8.36. The zero-order valence-corrected chi connectivity index (χ0v) is 15.5. The second-order valence-corrected chi connectivity index (χ2v) is 5.98. The van der Waals surface area contributed by atoms with E-state index in [1.54, 1.807) is 12.1 Å². The second-order valence-electron chi connectivity index (χ2n) is 5.98. The lowest BCUT2D eigenvalue weighted by molar-refractivity contribution is -0.119. The van der Waals surface area contributed by atoms with E-state index in [9.17, 15) is 18.4 Å². The molecule has 0 heterocycles. The molecule has 0 spiro atoms. The number of benzene rings is 2. The van der Waals surface area contributed by atoms with Gasteiger partial charge in [-0.15, -0.1) is 0 Å². The van der Waals surface area contributed by atoms with E-state index >= 15 is 0 Å². The highest BCUT2D eigenvalue weighted by molar-refractivity contribution is 5.95. The van der Waals surface area contributed by atoms with E-state index in [0.29, 0.717) is 6.54 Å². The lowest BCUT2D eigenvalue weighted by Gasteiger charge is -2.20. The number of nitrogens with one attached hydrogen (secondary N) is 3. The molecule has 0 unspecified atom stereocenters. The van der Waals surface area contributed by atoms with E-state index < -0.39 is 18.5 Å². The third-order valence-electron chi connectivity index (χ3n) is 3.83. The fourth-order valence-electron chi connectivity index (χ4n) is 2.56. The summed E-state index contributed by atoms with van der Waals surface area (Å²) in [6.07, 6.45) is 0.765. The van der Waals surface area contributed by atoms with Gasteiger partial charge in [0.05, 0.1) is 12.6 Å². The topological polar surface area (TPSA) is 79.5 Å². The molecule has 8 heteroatoms. The molecule has 0 aromatic heterocycles. The van der Waals surface area contributed by atoms with E-state index in [2.05, 4.69) is 20.7 Å². The van der Waals surface area contributed by atoms with Crippen molar-refractivity contribution in [1.29, 1.82) is 0 Å². The molecule has 2 rings (SSSR count). The average molecular weight is 391 g/mol. The van der Waals surface area contributed by atoms with E-state index in [1.165, 1.54) is 12.1 Å². The molecule has 3 amide bonds. The molecule has 2 aromatic rings. The second kappa shape index (κ2) is 11.0. The lowest BCUT2D eigenvalue weighted by Crippen LogP contribution is -2.44. The van der Waals surface area contributed by atoms with Crippen LogP contribution < -0.4 is 20.7 Å². The van der Waals surface area contributed by atoms with E-state index in [4.69, 9.17) is 0 Å². The Balaban J connectivity index is 2.06. The summed E-state index contributed by atoms with van der Waals surface area (Å²) < 4.78 is 29.0. The quantitative estimate of drug-likeness (QED) is 0.613. The summed E-state index contributed by atoms with van der Waals surface area (Å²) in [5.74, 6) is -0.428. The number of hydrogen-bond acceptors (Lipinski definition) is 4. The van der Waals surface area contributed by atoms with Gasteiger partial charge in [-0.25, -0.2) is 4.79 Å². The molecular formula is C20H23F2N3O3. The number of ether oxygens (including phenoxy) is 1. The van der Waals surface area contributed by atoms with Crippen LogP contribution in [0.15, 0.2) is 54.6 Å². The molecule has 2 aromatic carbocycles. The highest BCUT2D eigenvalue weighted by Crippen LogP contribution is 2.24. The van der Waals surface area contributed by atoms with Crippen molar-refractivity contribution in [1.82, 2.24) is 16.0 Å². The van der Waals surface area contributed by atoms with Gasteiger partial charge in [0.25, 0.3) is 0 Å². The Morgan fingerprint density at radius 1 is 1.00 bits per heavy atom. The molecule has 0 fully saturated rings. The van der Waals surface area contributed by atoms with Crippen LogP contribution in [0, 0.1) is 0 Å². The monoisotopic (exact) mass is 391 g/mol. The van der Waals surface area contributed by atoms with Gasteiger partial charge in [0.1, 0.15) is 5.75 Å². The van der Waals surface area contributed by atoms with Gasteiger partial charge < -0.3 is 10.1 Å². The maximum atomic E-state index is 12.3. The molecule has 0 saturated carbocycles. The molecule has 0 aliphatic carbocycles. The van der Waals surface area contributed by atoms with Gasteiger partial charge in [-0.3, -0.25) is 15.4 Å². The fourth-order valence-corrected chi connectivity index (χ4v) is 2.56. The van der Waals surface area contributed by atoms with Gasteiger partial charge in [-0.2, -0.15) is 8.78 Å². The first-order chi connectivity index (χ1) is 13.5. The first-order valence-corrected chi connectivity index (χ1v) is 8.90. The molecule has 28 heavy (non-hydrogen) atoms. The van der Waals surface area contributed by atoms with Gasteiger partial charge in [0.15, 0.2) is 0 Å². The molecule has 3 N–H and O–H groups in total. The van der Waals surface area contributed by atoms with Crippen LogP contribution in [0.5, 0.6) is 5.75 Å². The van der Waals surface area contributed by atoms with Gasteiger partial charge in [-0.05, 0) is 29.7 Å². The highest BCUT2D eigenvalue weighted by Gasteiger charge is 2.16. The first-order valence-electron chi connectivity index (χ1n) is 8.90. The van der Waals surface area contributed by atoms with Crippen molar-refractivity contribution in [2.24, 2.45) is 0 Å². The van der Waals surface area contributed by atoms with Crippen molar-refractivity contribution in [2.45, 2.75) is 26.0 Å². The number of carbonyl (C=O) groups excluding carboxylic acids is 2. The average Bonchev–Trinajstić information content (AvgIpc) is 2.68. The minimum Gasteiger partial charge on any atom is -0.435 e. The summed E-state index contributed by atoms with van der Waals surface area (Å²) in [7, 11) is 0. The van der Waals surface area contributed by atoms with Crippen LogP contribution in [0.1, 0.15) is 30.5 Å². The Morgan fingerprint density at radius 2 is 1.64 bits per heavy atom. The Morgan fingerprint density at radius 3 is 2.25 bits per heavy atom. The zero-order valence-electron chi connectivity index (χ0n) is 15.5. The molecule has 6 nitrogen and oxygen atoms in total. The van der Waals surface area contributed by atoms with Crippen molar-refractivity contribution in [3.8, 4) is 5.75 Å². The van der Waals surface area contributed by atoms with Gasteiger partial charge >= 0.3 is 12.6 Å². The number of amides is 3. The van der Waals surface area contributed by atoms with Crippen LogP contribution >= 0.6 is 0 Å². The third kappa shape index (κ3) is 6.96. The summed E-state index contributed by atoms with van der Waals surface area (Å²) in [6.45, 7) is -0.608. The predicted molar refractivity (Wildman–Crippen MR) is 101 cm³/mol. The van der Waals surface area contributed by atoms with Crippen molar-refractivity contribution in [2.75, 3.05) is 13.1 Å². The predicted octanol–water partition coefficient (Wildman–Crippen LogP) is 3.20. The zero-order chi connectivity index (χ0) is 20.4. The maximum absolute atomic E-state index is 12.3. The molecule has 0 aliphatic rings. The molecular weight excluding hydrogens is 368 g/mol. The Hall–Kier alpha value is -3.00. The standard InChI is InChI=1S/C20H23F2N3O3/c1-2-12-23-20(27)25-17(26)13-24-18(14-6-4-3-5-7-14)15-8-10-16(11-9-15)28-19(21)22/h3-11,18-19,24H,2,12-13H2,1H3,(H2,23,25,26,27)/t18-/m0/s1. The number of urea groups is 1. The highest BCUT2D eigenvalue weighted by atomic mass is 19.3. The maximum Gasteiger partial charge on any atom is 0.387 e. The molecule has 0 aliphatic heterocycles. The van der Waals surface area contributed by atoms with Crippen LogP contribution in [0.2, 0.25) is 0 Å². The summed E-state index contributed by atoms with van der Waals surface area (Å²) in [5.41, 5.74) is 1.64. The van der Waals surface area contributed by atoms with Crippen LogP contribution in [-0.4, -0.2) is 31.6 Å². The summed E-state index contributed by atoms with van der Waals surface area (Å²) in [6, 6.07) is 14.6. The number of rotatable bonds is 9. The number of hydrogen-bond donors (Lipinski definition) is 3.